The van der Waals surface area contributed by atoms with Gasteiger partial charge in [-0.05, 0) is 11.6 Å². The molecule has 82 valence electrons. The SMILES string of the molecule is CN(C)c1ncccc1CC(O)C(=O)O. The molecule has 0 amide bonds. The van der Waals surface area contributed by atoms with E-state index in [4.69, 9.17) is 5.11 Å². The normalized spacial score (nSPS) is 12.2. The Morgan fingerprint density at radius 3 is 2.80 bits per heavy atom. The van der Waals surface area contributed by atoms with E-state index in [2.05, 4.69) is 4.98 Å². The van der Waals surface area contributed by atoms with E-state index in [1.807, 2.05) is 14.1 Å². The molecule has 1 heterocycles. The minimum Gasteiger partial charge on any atom is -0.479 e. The molecule has 15 heavy (non-hydrogen) atoms. The van der Waals surface area contributed by atoms with Crippen molar-refractivity contribution in [1.82, 2.24) is 4.98 Å². The van der Waals surface area contributed by atoms with Gasteiger partial charge in [-0.15, -0.1) is 0 Å². The predicted molar refractivity (Wildman–Crippen MR) is 55.9 cm³/mol. The summed E-state index contributed by atoms with van der Waals surface area (Å²) >= 11 is 0. The van der Waals surface area contributed by atoms with Crippen molar-refractivity contribution in [2.24, 2.45) is 0 Å². The predicted octanol–water partition coefficient (Wildman–Crippen LogP) is 0.136. The molecule has 1 unspecified atom stereocenters. The second-order valence-corrected chi connectivity index (χ2v) is 3.44. The highest BCUT2D eigenvalue weighted by atomic mass is 16.4. The monoisotopic (exact) mass is 210 g/mol. The third-order valence-electron chi connectivity index (χ3n) is 1.99. The maximum atomic E-state index is 10.5. The highest BCUT2D eigenvalue weighted by molar-refractivity contribution is 5.72. The lowest BCUT2D eigenvalue weighted by molar-refractivity contribution is -0.146. The number of aliphatic carboxylic acids is 1. The minimum absolute atomic E-state index is 0.0662. The molecule has 0 aliphatic rings. The number of aliphatic hydroxyl groups is 1. The number of rotatable bonds is 4. The molecule has 5 heteroatoms. The van der Waals surface area contributed by atoms with Crippen molar-refractivity contribution in [3.63, 3.8) is 0 Å². The van der Waals surface area contributed by atoms with E-state index >= 15 is 0 Å². The largest absolute Gasteiger partial charge is 0.479 e. The zero-order chi connectivity index (χ0) is 11.4. The molecule has 0 spiro atoms. The van der Waals surface area contributed by atoms with E-state index in [0.29, 0.717) is 5.82 Å². The molecule has 1 aromatic rings. The first-order valence-electron chi connectivity index (χ1n) is 4.54. The van der Waals surface area contributed by atoms with Crippen LogP contribution in [0.3, 0.4) is 0 Å². The van der Waals surface area contributed by atoms with Crippen LogP contribution in [0, 0.1) is 0 Å². The van der Waals surface area contributed by atoms with Crippen LogP contribution in [-0.2, 0) is 11.2 Å². The molecule has 1 aromatic heterocycles. The number of aromatic nitrogens is 1. The van der Waals surface area contributed by atoms with E-state index < -0.39 is 12.1 Å². The van der Waals surface area contributed by atoms with Crippen molar-refractivity contribution in [3.8, 4) is 0 Å². The van der Waals surface area contributed by atoms with Crippen molar-refractivity contribution in [2.75, 3.05) is 19.0 Å². The summed E-state index contributed by atoms with van der Waals surface area (Å²) in [4.78, 5) is 16.4. The van der Waals surface area contributed by atoms with Crippen LogP contribution in [0.5, 0.6) is 0 Å². The van der Waals surface area contributed by atoms with Crippen LogP contribution in [0.2, 0.25) is 0 Å². The number of aliphatic hydroxyl groups excluding tert-OH is 1. The van der Waals surface area contributed by atoms with Crippen LogP contribution in [0.1, 0.15) is 5.56 Å². The number of hydrogen-bond acceptors (Lipinski definition) is 4. The summed E-state index contributed by atoms with van der Waals surface area (Å²) in [6, 6.07) is 3.48. The molecule has 0 radical (unpaired) electrons. The van der Waals surface area contributed by atoms with E-state index in [9.17, 15) is 9.90 Å². The first-order chi connectivity index (χ1) is 7.02. The van der Waals surface area contributed by atoms with Gasteiger partial charge >= 0.3 is 5.97 Å². The zero-order valence-electron chi connectivity index (χ0n) is 8.71. The summed E-state index contributed by atoms with van der Waals surface area (Å²) in [7, 11) is 3.64. The van der Waals surface area contributed by atoms with E-state index in [1.165, 1.54) is 0 Å². The molecule has 0 aliphatic heterocycles. The Bertz CT molecular complexity index is 352. The van der Waals surface area contributed by atoms with Gasteiger partial charge in [0, 0.05) is 26.7 Å². The fraction of sp³-hybridized carbons (Fsp3) is 0.400. The Morgan fingerprint density at radius 2 is 2.27 bits per heavy atom. The van der Waals surface area contributed by atoms with Gasteiger partial charge in [0.15, 0.2) is 6.10 Å². The Hall–Kier alpha value is -1.62. The highest BCUT2D eigenvalue weighted by Gasteiger charge is 2.16. The smallest absolute Gasteiger partial charge is 0.332 e. The topological polar surface area (TPSA) is 73.7 Å². The molecule has 0 fully saturated rings. The van der Waals surface area contributed by atoms with Crippen LogP contribution < -0.4 is 4.90 Å². The summed E-state index contributed by atoms with van der Waals surface area (Å²) in [6.07, 6.45) is 0.316. The Kier molecular flexibility index (Phi) is 3.62. The average molecular weight is 210 g/mol. The van der Waals surface area contributed by atoms with Crippen molar-refractivity contribution in [2.45, 2.75) is 12.5 Å². The zero-order valence-corrected chi connectivity index (χ0v) is 8.71. The number of nitrogens with zero attached hydrogens (tertiary/aromatic N) is 2. The first-order valence-corrected chi connectivity index (χ1v) is 4.54. The lowest BCUT2D eigenvalue weighted by Crippen LogP contribution is -2.23. The Balaban J connectivity index is 2.89. The molecule has 0 aliphatic carbocycles. The Labute approximate surface area is 88.0 Å². The number of carboxylic acid groups (broad SMARTS) is 1. The molecule has 2 N–H and O–H groups in total. The molecule has 1 rings (SSSR count). The van der Waals surface area contributed by atoms with Gasteiger partial charge in [-0.1, -0.05) is 6.07 Å². The molecule has 0 aromatic carbocycles. The van der Waals surface area contributed by atoms with Gasteiger partial charge in [-0.25, -0.2) is 9.78 Å². The van der Waals surface area contributed by atoms with Crippen LogP contribution >= 0.6 is 0 Å². The molecule has 1 atom stereocenters. The molecular weight excluding hydrogens is 196 g/mol. The first kappa shape index (κ1) is 11.5. The van der Waals surface area contributed by atoms with Gasteiger partial charge in [0.2, 0.25) is 0 Å². The molecule has 0 saturated carbocycles. The lowest BCUT2D eigenvalue weighted by Gasteiger charge is -2.16. The lowest BCUT2D eigenvalue weighted by atomic mass is 10.1. The van der Waals surface area contributed by atoms with Crippen molar-refractivity contribution in [3.05, 3.63) is 23.9 Å². The van der Waals surface area contributed by atoms with E-state index in [-0.39, 0.29) is 6.42 Å². The van der Waals surface area contributed by atoms with Gasteiger partial charge < -0.3 is 15.1 Å². The van der Waals surface area contributed by atoms with Gasteiger partial charge in [-0.2, -0.15) is 0 Å². The summed E-state index contributed by atoms with van der Waals surface area (Å²) in [6.45, 7) is 0. The molecular formula is C10H14N2O3. The molecule has 0 bridgehead atoms. The Morgan fingerprint density at radius 1 is 1.60 bits per heavy atom. The third-order valence-corrected chi connectivity index (χ3v) is 1.99. The number of carboxylic acids is 1. The molecule has 5 nitrogen and oxygen atoms in total. The van der Waals surface area contributed by atoms with Crippen LogP contribution in [0.4, 0.5) is 5.82 Å². The fourth-order valence-electron chi connectivity index (χ4n) is 1.29. The van der Waals surface area contributed by atoms with Gasteiger partial charge in [0.25, 0.3) is 0 Å². The number of pyridine rings is 1. The van der Waals surface area contributed by atoms with Crippen molar-refractivity contribution >= 4 is 11.8 Å². The second kappa shape index (κ2) is 4.75. The van der Waals surface area contributed by atoms with E-state index in [0.717, 1.165) is 5.56 Å². The summed E-state index contributed by atoms with van der Waals surface area (Å²) in [5.41, 5.74) is 0.720. The highest BCUT2D eigenvalue weighted by Crippen LogP contribution is 2.16. The molecule has 0 saturated heterocycles. The number of hydrogen-bond donors (Lipinski definition) is 2. The van der Waals surface area contributed by atoms with Crippen LogP contribution in [0.25, 0.3) is 0 Å². The quantitative estimate of drug-likeness (QED) is 0.739. The van der Waals surface area contributed by atoms with Gasteiger partial charge in [0.1, 0.15) is 5.82 Å². The number of carbonyl (C=O) groups is 1. The minimum atomic E-state index is -1.38. The maximum Gasteiger partial charge on any atom is 0.332 e. The van der Waals surface area contributed by atoms with Crippen molar-refractivity contribution in [1.29, 1.82) is 0 Å². The maximum absolute atomic E-state index is 10.5. The van der Waals surface area contributed by atoms with Crippen LogP contribution in [-0.4, -0.2) is 41.4 Å². The second-order valence-electron chi connectivity index (χ2n) is 3.44. The van der Waals surface area contributed by atoms with Gasteiger partial charge in [-0.3, -0.25) is 0 Å². The summed E-state index contributed by atoms with van der Waals surface area (Å²) in [5.74, 6) is -0.540. The average Bonchev–Trinajstić information content (AvgIpc) is 2.18. The number of anilines is 1. The fourth-order valence-corrected chi connectivity index (χ4v) is 1.29. The summed E-state index contributed by atoms with van der Waals surface area (Å²) < 4.78 is 0. The standard InChI is InChI=1S/C10H14N2O3/c1-12(2)9-7(4-3-5-11-9)6-8(13)10(14)15/h3-5,8,13H,6H2,1-2H3,(H,14,15). The van der Waals surface area contributed by atoms with E-state index in [1.54, 1.807) is 23.2 Å². The summed E-state index contributed by atoms with van der Waals surface area (Å²) in [5, 5.41) is 17.8. The van der Waals surface area contributed by atoms with Gasteiger partial charge in [0.05, 0.1) is 0 Å². The third kappa shape index (κ3) is 2.92. The van der Waals surface area contributed by atoms with Crippen LogP contribution in [0.15, 0.2) is 18.3 Å². The van der Waals surface area contributed by atoms with Crippen molar-refractivity contribution < 1.29 is 15.0 Å².